The zero-order valence-corrected chi connectivity index (χ0v) is 12.2. The van der Waals surface area contributed by atoms with Crippen molar-refractivity contribution in [1.29, 1.82) is 0 Å². The highest BCUT2D eigenvalue weighted by molar-refractivity contribution is 7.71. The van der Waals surface area contributed by atoms with Gasteiger partial charge in [0.15, 0.2) is 0 Å². The molecule has 2 nitrogen and oxygen atoms in total. The number of aryl methyl sites for hydroxylation is 2. The Kier molecular flexibility index (Phi) is 3.23. The predicted octanol–water partition coefficient (Wildman–Crippen LogP) is 4.69. The summed E-state index contributed by atoms with van der Waals surface area (Å²) in [6, 6.07) is 8.75. The van der Waals surface area contributed by atoms with Gasteiger partial charge < -0.3 is 4.98 Å². The molecule has 3 rings (SSSR count). The van der Waals surface area contributed by atoms with Crippen LogP contribution in [0.15, 0.2) is 24.3 Å². The van der Waals surface area contributed by atoms with E-state index in [9.17, 15) is 0 Å². The van der Waals surface area contributed by atoms with Crippen LogP contribution in [0.2, 0.25) is 0 Å². The normalized spacial score (nSPS) is 15.3. The summed E-state index contributed by atoms with van der Waals surface area (Å²) in [4.78, 5) is 7.83. The van der Waals surface area contributed by atoms with Crippen molar-refractivity contribution in [3.05, 3.63) is 45.9 Å². The van der Waals surface area contributed by atoms with Gasteiger partial charge in [-0.15, -0.1) is 0 Å². The van der Waals surface area contributed by atoms with Crippen LogP contribution < -0.4 is 0 Å². The first-order chi connectivity index (χ1) is 9.15. The molecule has 1 saturated carbocycles. The molecule has 0 aliphatic heterocycles. The first-order valence-electron chi connectivity index (χ1n) is 6.83. The molecule has 2 aromatic rings. The summed E-state index contributed by atoms with van der Waals surface area (Å²) in [5.41, 5.74) is 5.49. The van der Waals surface area contributed by atoms with Crippen molar-refractivity contribution in [2.75, 3.05) is 0 Å². The van der Waals surface area contributed by atoms with Gasteiger partial charge in [0.1, 0.15) is 10.3 Å². The number of nitrogens with zero attached hydrogens (tertiary/aromatic N) is 1. The van der Waals surface area contributed by atoms with Crippen LogP contribution >= 0.6 is 12.2 Å². The summed E-state index contributed by atoms with van der Waals surface area (Å²) in [6.45, 7) is 4.01. The van der Waals surface area contributed by atoms with Gasteiger partial charge >= 0.3 is 0 Å². The van der Waals surface area contributed by atoms with Crippen molar-refractivity contribution in [3.63, 3.8) is 0 Å². The van der Waals surface area contributed by atoms with Gasteiger partial charge in [-0.25, -0.2) is 4.98 Å². The lowest BCUT2D eigenvalue weighted by Gasteiger charge is -2.25. The fourth-order valence-corrected chi connectivity index (χ4v) is 2.79. The number of H-pyrrole nitrogens is 1. The molecule has 3 heteroatoms. The molecule has 1 heterocycles. The monoisotopic (exact) mass is 270 g/mol. The van der Waals surface area contributed by atoms with Gasteiger partial charge in [-0.3, -0.25) is 0 Å². The van der Waals surface area contributed by atoms with Gasteiger partial charge in [-0.2, -0.15) is 0 Å². The number of aromatic amines is 1. The Morgan fingerprint density at radius 2 is 1.84 bits per heavy atom. The van der Waals surface area contributed by atoms with E-state index in [-0.39, 0.29) is 0 Å². The van der Waals surface area contributed by atoms with Gasteiger partial charge in [0.05, 0.1) is 5.69 Å². The molecule has 0 saturated heterocycles. The van der Waals surface area contributed by atoms with E-state index in [4.69, 9.17) is 12.2 Å². The van der Waals surface area contributed by atoms with Crippen LogP contribution in [-0.2, 0) is 0 Å². The predicted molar refractivity (Wildman–Crippen MR) is 80.9 cm³/mol. The average molecular weight is 270 g/mol. The van der Waals surface area contributed by atoms with Gasteiger partial charge in [0, 0.05) is 11.3 Å². The quantitative estimate of drug-likeness (QED) is 0.802. The third-order valence-electron chi connectivity index (χ3n) is 4.10. The second-order valence-electron chi connectivity index (χ2n) is 5.37. The summed E-state index contributed by atoms with van der Waals surface area (Å²) in [5.74, 6) is 0.774. The second kappa shape index (κ2) is 4.89. The summed E-state index contributed by atoms with van der Waals surface area (Å²) in [7, 11) is 0. The van der Waals surface area contributed by atoms with Crippen LogP contribution in [0.3, 0.4) is 0 Å². The molecule has 1 N–H and O–H groups in total. The van der Waals surface area contributed by atoms with Crippen LogP contribution in [0.4, 0.5) is 0 Å². The fourth-order valence-electron chi connectivity index (χ4n) is 2.47. The van der Waals surface area contributed by atoms with E-state index in [0.717, 1.165) is 33.2 Å². The SMILES string of the molecule is Cc1nc(-c2ccc(C3CCC3)cc2)c(=S)[nH]c1C. The fraction of sp³-hybridized carbons (Fsp3) is 0.375. The highest BCUT2D eigenvalue weighted by atomic mass is 32.1. The Balaban J connectivity index is 1.98. The Morgan fingerprint density at radius 3 is 2.42 bits per heavy atom. The lowest BCUT2D eigenvalue weighted by Crippen LogP contribution is -2.08. The molecule has 1 aliphatic rings. The number of benzene rings is 1. The van der Waals surface area contributed by atoms with E-state index in [1.807, 2.05) is 13.8 Å². The van der Waals surface area contributed by atoms with Crippen molar-refractivity contribution in [2.24, 2.45) is 0 Å². The molecule has 0 bridgehead atoms. The molecule has 0 unspecified atom stereocenters. The van der Waals surface area contributed by atoms with E-state index < -0.39 is 0 Å². The van der Waals surface area contributed by atoms with E-state index in [1.54, 1.807) is 0 Å². The number of hydrogen-bond acceptors (Lipinski definition) is 2. The molecule has 98 valence electrons. The molecular weight excluding hydrogens is 252 g/mol. The first-order valence-corrected chi connectivity index (χ1v) is 7.24. The lowest BCUT2D eigenvalue weighted by molar-refractivity contribution is 0.420. The third kappa shape index (κ3) is 2.35. The molecule has 0 amide bonds. The summed E-state index contributed by atoms with van der Waals surface area (Å²) in [5, 5.41) is 0. The average Bonchev–Trinajstić information content (AvgIpc) is 2.33. The molecule has 1 aromatic carbocycles. The van der Waals surface area contributed by atoms with Gasteiger partial charge in [0.25, 0.3) is 0 Å². The topological polar surface area (TPSA) is 28.7 Å². The molecule has 0 atom stereocenters. The second-order valence-corrected chi connectivity index (χ2v) is 5.78. The lowest BCUT2D eigenvalue weighted by atomic mass is 9.80. The van der Waals surface area contributed by atoms with E-state index in [0.29, 0.717) is 0 Å². The van der Waals surface area contributed by atoms with Crippen LogP contribution in [-0.4, -0.2) is 9.97 Å². The maximum absolute atomic E-state index is 5.38. The Hall–Kier alpha value is -1.48. The highest BCUT2D eigenvalue weighted by Crippen LogP contribution is 2.36. The van der Waals surface area contributed by atoms with Gasteiger partial charge in [-0.1, -0.05) is 42.9 Å². The van der Waals surface area contributed by atoms with Gasteiger partial charge in [-0.05, 0) is 38.2 Å². The maximum atomic E-state index is 5.38. The zero-order chi connectivity index (χ0) is 13.4. The Labute approximate surface area is 118 Å². The number of hydrogen-bond donors (Lipinski definition) is 1. The van der Waals surface area contributed by atoms with Crippen molar-refractivity contribution in [3.8, 4) is 11.3 Å². The van der Waals surface area contributed by atoms with Crippen LogP contribution in [0, 0.1) is 18.5 Å². The third-order valence-corrected chi connectivity index (χ3v) is 4.39. The van der Waals surface area contributed by atoms with Crippen LogP contribution in [0.25, 0.3) is 11.3 Å². The molecule has 19 heavy (non-hydrogen) atoms. The minimum Gasteiger partial charge on any atom is -0.347 e. The van der Waals surface area contributed by atoms with E-state index in [1.165, 1.54) is 24.8 Å². The molecular formula is C16H18N2S. The van der Waals surface area contributed by atoms with Crippen molar-refractivity contribution in [2.45, 2.75) is 39.0 Å². The zero-order valence-electron chi connectivity index (χ0n) is 11.4. The van der Waals surface area contributed by atoms with E-state index in [2.05, 4.69) is 34.2 Å². The summed E-state index contributed by atoms with van der Waals surface area (Å²) >= 11 is 5.38. The molecule has 0 radical (unpaired) electrons. The molecule has 1 aromatic heterocycles. The molecule has 1 fully saturated rings. The van der Waals surface area contributed by atoms with Crippen LogP contribution in [0.1, 0.15) is 42.1 Å². The van der Waals surface area contributed by atoms with Crippen LogP contribution in [0.5, 0.6) is 0 Å². The summed E-state index contributed by atoms with van der Waals surface area (Å²) in [6.07, 6.45) is 4.04. The van der Waals surface area contributed by atoms with Crippen molar-refractivity contribution in [1.82, 2.24) is 9.97 Å². The summed E-state index contributed by atoms with van der Waals surface area (Å²) < 4.78 is 0.722. The minimum absolute atomic E-state index is 0.722. The van der Waals surface area contributed by atoms with E-state index >= 15 is 0 Å². The van der Waals surface area contributed by atoms with Gasteiger partial charge in [0.2, 0.25) is 0 Å². The number of rotatable bonds is 2. The smallest absolute Gasteiger partial charge is 0.130 e. The Morgan fingerprint density at radius 1 is 1.16 bits per heavy atom. The number of aromatic nitrogens is 2. The standard InChI is InChI=1S/C16H18N2S/c1-10-11(2)18-16(19)15(17-10)14-8-6-13(7-9-14)12-4-3-5-12/h6-9,12H,3-5H2,1-2H3,(H,18,19). The Bertz CT molecular complexity index is 651. The minimum atomic E-state index is 0.722. The maximum Gasteiger partial charge on any atom is 0.130 e. The highest BCUT2D eigenvalue weighted by Gasteiger charge is 2.19. The molecule has 0 spiro atoms. The van der Waals surface area contributed by atoms with Crippen molar-refractivity contribution < 1.29 is 0 Å². The largest absolute Gasteiger partial charge is 0.347 e. The molecule has 1 aliphatic carbocycles. The van der Waals surface area contributed by atoms with Crippen molar-refractivity contribution >= 4 is 12.2 Å². The number of nitrogens with one attached hydrogen (secondary N) is 1. The first kappa shape index (κ1) is 12.5.